The van der Waals surface area contributed by atoms with E-state index in [1.165, 1.54) is 6.92 Å². The zero-order valence-corrected chi connectivity index (χ0v) is 10.5. The van der Waals surface area contributed by atoms with E-state index in [9.17, 15) is 26.7 Å². The van der Waals surface area contributed by atoms with E-state index in [1.54, 1.807) is 0 Å². The van der Waals surface area contributed by atoms with Crippen LogP contribution in [0.25, 0.3) is 0 Å². The summed E-state index contributed by atoms with van der Waals surface area (Å²) in [6.45, 7) is 1.36. The van der Waals surface area contributed by atoms with Crippen LogP contribution in [0.15, 0.2) is 0 Å². The molecule has 0 aromatic carbocycles. The van der Waals surface area contributed by atoms with E-state index in [1.807, 2.05) is 0 Å². The normalized spacial score (nSPS) is 24.8. The van der Waals surface area contributed by atoms with Gasteiger partial charge in [-0.1, -0.05) is 13.8 Å². The third-order valence-electron chi connectivity index (χ3n) is 3.64. The predicted molar refractivity (Wildman–Crippen MR) is 56.3 cm³/mol. The molecule has 0 saturated heterocycles. The molecule has 0 amide bonds. The molecule has 4 nitrogen and oxygen atoms in total. The Hall–Kier alpha value is -1.67. The Balaban J connectivity index is 2.71. The number of aromatic nitrogens is 2. The van der Waals surface area contributed by atoms with E-state index in [-0.39, 0.29) is 4.68 Å². The first-order valence-electron chi connectivity index (χ1n) is 5.76. The Morgan fingerprint density at radius 2 is 1.95 bits per heavy atom. The summed E-state index contributed by atoms with van der Waals surface area (Å²) < 4.78 is 67.0. The van der Waals surface area contributed by atoms with Gasteiger partial charge in [0.2, 0.25) is 0 Å². The van der Waals surface area contributed by atoms with Gasteiger partial charge in [0.1, 0.15) is 12.2 Å². The van der Waals surface area contributed by atoms with E-state index in [0.717, 1.165) is 6.92 Å². The lowest BCUT2D eigenvalue weighted by atomic mass is 9.94. The molecule has 2 atom stereocenters. The number of carboxylic acids is 1. The Morgan fingerprint density at radius 3 is 2.40 bits per heavy atom. The maximum absolute atomic E-state index is 14.1. The molecule has 1 heterocycles. The number of rotatable bonds is 2. The maximum Gasteiger partial charge on any atom is 0.435 e. The van der Waals surface area contributed by atoms with Crippen LogP contribution >= 0.6 is 0 Å². The monoisotopic (exact) mass is 298 g/mol. The van der Waals surface area contributed by atoms with Crippen molar-refractivity contribution in [2.24, 2.45) is 5.92 Å². The van der Waals surface area contributed by atoms with Gasteiger partial charge in [-0.3, -0.25) is 9.48 Å². The summed E-state index contributed by atoms with van der Waals surface area (Å²) in [6, 6.07) is 0. The molecular weight excluding hydrogens is 287 g/mol. The van der Waals surface area contributed by atoms with Gasteiger partial charge in [-0.15, -0.1) is 0 Å². The number of carboxylic acid groups (broad SMARTS) is 1. The molecule has 0 spiro atoms. The summed E-state index contributed by atoms with van der Waals surface area (Å²) in [5.41, 5.74) is -2.96. The summed E-state index contributed by atoms with van der Waals surface area (Å²) in [7, 11) is 0. The van der Waals surface area contributed by atoms with Crippen LogP contribution in [0.4, 0.5) is 22.0 Å². The molecule has 2 rings (SSSR count). The zero-order chi connectivity index (χ0) is 15.5. The second kappa shape index (κ2) is 4.16. The number of hydrogen-bond acceptors (Lipinski definition) is 2. The minimum atomic E-state index is -4.90. The van der Waals surface area contributed by atoms with E-state index in [2.05, 4.69) is 5.10 Å². The summed E-state index contributed by atoms with van der Waals surface area (Å²) in [6.07, 6.45) is -4.90. The maximum atomic E-state index is 14.1. The lowest BCUT2D eigenvalue weighted by Crippen LogP contribution is -2.26. The first kappa shape index (κ1) is 14.7. The van der Waals surface area contributed by atoms with E-state index in [4.69, 9.17) is 5.11 Å². The molecule has 1 aromatic heterocycles. The first-order chi connectivity index (χ1) is 8.98. The highest BCUT2D eigenvalue weighted by atomic mass is 19.4. The highest BCUT2D eigenvalue weighted by Crippen LogP contribution is 2.55. The molecule has 20 heavy (non-hydrogen) atoms. The molecule has 0 radical (unpaired) electrons. The quantitative estimate of drug-likeness (QED) is 0.854. The van der Waals surface area contributed by atoms with Crippen molar-refractivity contribution in [2.45, 2.75) is 38.4 Å². The van der Waals surface area contributed by atoms with Crippen LogP contribution < -0.4 is 0 Å². The van der Waals surface area contributed by atoms with E-state index in [0.29, 0.717) is 0 Å². The van der Waals surface area contributed by atoms with E-state index < -0.39 is 53.4 Å². The van der Waals surface area contributed by atoms with Gasteiger partial charge < -0.3 is 5.11 Å². The Morgan fingerprint density at radius 1 is 1.40 bits per heavy atom. The molecule has 1 aliphatic rings. The molecular formula is C11H11F5N2O2. The largest absolute Gasteiger partial charge is 0.480 e. The summed E-state index contributed by atoms with van der Waals surface area (Å²) in [4.78, 5) is 10.6. The van der Waals surface area contributed by atoms with Gasteiger partial charge in [-0.25, -0.2) is 0 Å². The van der Waals surface area contributed by atoms with Crippen molar-refractivity contribution in [3.05, 3.63) is 17.0 Å². The van der Waals surface area contributed by atoms with Crippen LogP contribution in [0, 0.1) is 5.92 Å². The van der Waals surface area contributed by atoms with Crippen molar-refractivity contribution in [3.8, 4) is 0 Å². The SMILES string of the molecule is C[C@@H]1c2c(C(F)(F)F)nn(CC(=O)O)c2C(F)(F)[C@@H]1C. The predicted octanol–water partition coefficient (Wildman–Crippen LogP) is 2.83. The third-order valence-corrected chi connectivity index (χ3v) is 3.64. The number of aliphatic carboxylic acids is 1. The third kappa shape index (κ3) is 1.95. The molecule has 1 N–H and O–H groups in total. The number of alkyl halides is 5. The fourth-order valence-corrected chi connectivity index (χ4v) is 2.49. The fraction of sp³-hybridized carbons (Fsp3) is 0.636. The van der Waals surface area contributed by atoms with Crippen molar-refractivity contribution in [1.82, 2.24) is 9.78 Å². The second-order valence-electron chi connectivity index (χ2n) is 4.86. The number of carbonyl (C=O) groups is 1. The van der Waals surface area contributed by atoms with Crippen LogP contribution in [0.5, 0.6) is 0 Å². The van der Waals surface area contributed by atoms with Gasteiger partial charge in [0.15, 0.2) is 5.69 Å². The standard InChI is InChI=1S/C11H11F5N2O2/c1-4-5(2)10(12,13)9-7(4)8(11(14,15)16)17-18(9)3-6(19)20/h4-5H,3H2,1-2H3,(H,19,20)/t4-,5+/m0/s1. The fourth-order valence-electron chi connectivity index (χ4n) is 2.49. The summed E-state index contributed by atoms with van der Waals surface area (Å²) in [5, 5.41) is 11.7. The minimum Gasteiger partial charge on any atom is -0.480 e. The van der Waals surface area contributed by atoms with Crippen LogP contribution in [0.2, 0.25) is 0 Å². The number of halogens is 5. The van der Waals surface area contributed by atoms with Gasteiger partial charge >= 0.3 is 12.1 Å². The molecule has 9 heteroatoms. The van der Waals surface area contributed by atoms with Crippen LogP contribution in [0.1, 0.15) is 36.7 Å². The van der Waals surface area contributed by atoms with Gasteiger partial charge in [-0.2, -0.15) is 27.1 Å². The highest BCUT2D eigenvalue weighted by Gasteiger charge is 2.57. The Kier molecular flexibility index (Phi) is 3.06. The van der Waals surface area contributed by atoms with Crippen molar-refractivity contribution >= 4 is 5.97 Å². The van der Waals surface area contributed by atoms with Gasteiger partial charge in [0.25, 0.3) is 5.92 Å². The van der Waals surface area contributed by atoms with Crippen LogP contribution in [0.3, 0.4) is 0 Å². The van der Waals surface area contributed by atoms with Crippen molar-refractivity contribution in [3.63, 3.8) is 0 Å². The Bertz CT molecular complexity index is 564. The van der Waals surface area contributed by atoms with Gasteiger partial charge in [0, 0.05) is 11.5 Å². The number of hydrogen-bond donors (Lipinski definition) is 1. The smallest absolute Gasteiger partial charge is 0.435 e. The molecule has 0 bridgehead atoms. The van der Waals surface area contributed by atoms with Crippen molar-refractivity contribution < 1.29 is 31.9 Å². The van der Waals surface area contributed by atoms with Gasteiger partial charge in [-0.05, 0) is 5.92 Å². The average molecular weight is 298 g/mol. The van der Waals surface area contributed by atoms with Gasteiger partial charge in [0.05, 0.1) is 0 Å². The minimum absolute atomic E-state index is 0.250. The topological polar surface area (TPSA) is 55.1 Å². The molecule has 0 fully saturated rings. The lowest BCUT2D eigenvalue weighted by molar-refractivity contribution is -0.144. The lowest BCUT2D eigenvalue weighted by Gasteiger charge is -2.20. The first-order valence-corrected chi connectivity index (χ1v) is 5.76. The van der Waals surface area contributed by atoms with E-state index >= 15 is 0 Å². The highest BCUT2D eigenvalue weighted by molar-refractivity contribution is 5.66. The molecule has 0 saturated carbocycles. The summed E-state index contributed by atoms with van der Waals surface area (Å²) in [5.74, 6) is -7.48. The molecule has 1 aromatic rings. The van der Waals surface area contributed by atoms with Crippen molar-refractivity contribution in [1.29, 1.82) is 0 Å². The summed E-state index contributed by atoms with van der Waals surface area (Å²) >= 11 is 0. The number of nitrogens with zero attached hydrogens (tertiary/aromatic N) is 2. The second-order valence-corrected chi connectivity index (χ2v) is 4.86. The van der Waals surface area contributed by atoms with Crippen LogP contribution in [-0.4, -0.2) is 20.9 Å². The zero-order valence-electron chi connectivity index (χ0n) is 10.5. The molecule has 112 valence electrons. The Labute approximate surface area is 110 Å². The average Bonchev–Trinajstić information content (AvgIpc) is 2.71. The van der Waals surface area contributed by atoms with Crippen LogP contribution in [-0.2, 0) is 23.4 Å². The molecule has 0 aliphatic heterocycles. The molecule has 0 unspecified atom stereocenters. The van der Waals surface area contributed by atoms with Crippen molar-refractivity contribution in [2.75, 3.05) is 0 Å². The molecule has 1 aliphatic carbocycles. The number of fused-ring (bicyclic) bond motifs is 1.